The molecule has 2 aromatic carbocycles. The van der Waals surface area contributed by atoms with Gasteiger partial charge < -0.3 is 19.4 Å². The summed E-state index contributed by atoms with van der Waals surface area (Å²) in [5.41, 5.74) is 2.63. The average molecular weight is 525 g/mol. The second-order valence-corrected chi connectivity index (χ2v) is 10.2. The lowest BCUT2D eigenvalue weighted by Crippen LogP contribution is -2.41. The molecule has 3 aromatic rings. The normalized spacial score (nSPS) is 15.8. The molecule has 9 nitrogen and oxygen atoms in total. The third-order valence-electron chi connectivity index (χ3n) is 6.60. The number of methoxy groups -OCH3 is 1. The molecule has 4 rings (SSSR count). The SMILES string of the molecule is COCC(=O)N1CCCN(CC(C)C)CCCN(C(=O)Cn2nc3ccccc3n2)Cc2cc(F)ccc21. The molecular formula is C28H37FN6O3. The number of fused-ring (bicyclic) bond motifs is 2. The first-order chi connectivity index (χ1) is 18.3. The van der Waals surface area contributed by atoms with Crippen LogP contribution in [0, 0.1) is 11.7 Å². The van der Waals surface area contributed by atoms with E-state index < -0.39 is 5.82 Å². The van der Waals surface area contributed by atoms with Crippen LogP contribution in [0.5, 0.6) is 0 Å². The maximum Gasteiger partial charge on any atom is 0.252 e. The van der Waals surface area contributed by atoms with Crippen molar-refractivity contribution in [1.82, 2.24) is 24.8 Å². The Morgan fingerprint density at radius 1 is 0.974 bits per heavy atom. The molecule has 1 aliphatic heterocycles. The summed E-state index contributed by atoms with van der Waals surface area (Å²) >= 11 is 0. The Balaban J connectivity index is 1.64. The van der Waals surface area contributed by atoms with E-state index in [0.717, 1.165) is 43.5 Å². The Morgan fingerprint density at radius 3 is 2.32 bits per heavy atom. The fourth-order valence-electron chi connectivity index (χ4n) is 4.97. The number of carbonyl (C=O) groups is 2. The number of halogens is 1. The Bertz CT molecular complexity index is 1210. The summed E-state index contributed by atoms with van der Waals surface area (Å²) in [6.07, 6.45) is 1.56. The zero-order valence-electron chi connectivity index (χ0n) is 22.5. The van der Waals surface area contributed by atoms with E-state index in [2.05, 4.69) is 28.9 Å². The van der Waals surface area contributed by atoms with Crippen LogP contribution in [-0.4, -0.2) is 83.0 Å². The third kappa shape index (κ3) is 7.14. The van der Waals surface area contributed by atoms with Crippen LogP contribution >= 0.6 is 0 Å². The lowest BCUT2D eigenvalue weighted by Gasteiger charge is -2.32. The second kappa shape index (κ2) is 12.9. The number of nitrogens with zero attached hydrogens (tertiary/aromatic N) is 6. The smallest absolute Gasteiger partial charge is 0.252 e. The average Bonchev–Trinajstić information content (AvgIpc) is 3.27. The van der Waals surface area contributed by atoms with E-state index in [1.54, 1.807) is 15.9 Å². The van der Waals surface area contributed by atoms with Gasteiger partial charge >= 0.3 is 0 Å². The first kappa shape index (κ1) is 27.7. The van der Waals surface area contributed by atoms with E-state index in [9.17, 15) is 14.0 Å². The van der Waals surface area contributed by atoms with Crippen molar-refractivity contribution in [3.8, 4) is 0 Å². The summed E-state index contributed by atoms with van der Waals surface area (Å²) < 4.78 is 19.6. The lowest BCUT2D eigenvalue weighted by atomic mass is 10.1. The van der Waals surface area contributed by atoms with E-state index in [0.29, 0.717) is 30.3 Å². The highest BCUT2D eigenvalue weighted by molar-refractivity contribution is 5.95. The van der Waals surface area contributed by atoms with Crippen LogP contribution in [0.4, 0.5) is 10.1 Å². The molecule has 0 bridgehead atoms. The molecule has 204 valence electrons. The van der Waals surface area contributed by atoms with Gasteiger partial charge in [0.2, 0.25) is 5.91 Å². The molecule has 10 heteroatoms. The van der Waals surface area contributed by atoms with Crippen molar-refractivity contribution < 1.29 is 18.7 Å². The molecule has 0 unspecified atom stereocenters. The number of aromatic nitrogens is 3. The monoisotopic (exact) mass is 524 g/mol. The van der Waals surface area contributed by atoms with Crippen molar-refractivity contribution >= 4 is 28.5 Å². The summed E-state index contributed by atoms with van der Waals surface area (Å²) in [6, 6.07) is 11.9. The molecule has 0 N–H and O–H groups in total. The van der Waals surface area contributed by atoms with E-state index >= 15 is 0 Å². The van der Waals surface area contributed by atoms with Gasteiger partial charge in [-0.25, -0.2) is 4.39 Å². The van der Waals surface area contributed by atoms with Crippen LogP contribution in [0.3, 0.4) is 0 Å². The lowest BCUT2D eigenvalue weighted by molar-refractivity contribution is -0.133. The largest absolute Gasteiger partial charge is 0.375 e. The van der Waals surface area contributed by atoms with Crippen molar-refractivity contribution in [3.05, 3.63) is 53.8 Å². The minimum atomic E-state index is -0.412. The van der Waals surface area contributed by atoms with Gasteiger partial charge in [0.25, 0.3) is 5.91 Å². The van der Waals surface area contributed by atoms with E-state index in [-0.39, 0.29) is 31.5 Å². The number of hydrogen-bond acceptors (Lipinski definition) is 6. The fraction of sp³-hybridized carbons (Fsp3) is 0.500. The molecule has 1 aliphatic rings. The van der Waals surface area contributed by atoms with Crippen molar-refractivity contribution in [1.29, 1.82) is 0 Å². The molecule has 38 heavy (non-hydrogen) atoms. The van der Waals surface area contributed by atoms with E-state index in [1.807, 2.05) is 24.3 Å². The van der Waals surface area contributed by atoms with Gasteiger partial charge in [-0.15, -0.1) is 0 Å². The van der Waals surface area contributed by atoms with Crippen LogP contribution in [-0.2, 0) is 27.4 Å². The summed E-state index contributed by atoms with van der Waals surface area (Å²) in [7, 11) is 1.48. The number of rotatable bonds is 6. The van der Waals surface area contributed by atoms with Gasteiger partial charge in [-0.3, -0.25) is 9.59 Å². The van der Waals surface area contributed by atoms with Gasteiger partial charge in [-0.05, 0) is 67.7 Å². The molecule has 0 saturated carbocycles. The Morgan fingerprint density at radius 2 is 1.66 bits per heavy atom. The Hall–Kier alpha value is -3.37. The van der Waals surface area contributed by atoms with Crippen molar-refractivity contribution in [2.45, 2.75) is 39.8 Å². The molecule has 2 heterocycles. The van der Waals surface area contributed by atoms with Gasteiger partial charge in [0, 0.05) is 39.0 Å². The standard InChI is InChI=1S/C28H37FN6O3/c1-21(2)17-32-12-6-14-33(27(36)19-35-30-24-8-4-5-9-25(24)31-35)18-22-16-23(29)10-11-26(22)34(15-7-13-32)28(37)20-38-3/h4-5,8-11,16,21H,6-7,12-15,17-20H2,1-3H3. The van der Waals surface area contributed by atoms with E-state index in [4.69, 9.17) is 4.74 Å². The summed E-state index contributed by atoms with van der Waals surface area (Å²) in [5, 5.41) is 8.86. The summed E-state index contributed by atoms with van der Waals surface area (Å²) in [4.78, 5) is 33.8. The highest BCUT2D eigenvalue weighted by Gasteiger charge is 2.24. The molecular weight excluding hydrogens is 487 g/mol. The third-order valence-corrected chi connectivity index (χ3v) is 6.60. The van der Waals surface area contributed by atoms with Crippen molar-refractivity contribution in [3.63, 3.8) is 0 Å². The summed E-state index contributed by atoms with van der Waals surface area (Å²) in [6.45, 7) is 8.01. The number of hydrogen-bond donors (Lipinski definition) is 0. The molecule has 0 saturated heterocycles. The molecule has 1 aromatic heterocycles. The first-order valence-electron chi connectivity index (χ1n) is 13.2. The fourth-order valence-corrected chi connectivity index (χ4v) is 4.97. The molecule has 0 atom stereocenters. The quantitative estimate of drug-likeness (QED) is 0.492. The zero-order valence-corrected chi connectivity index (χ0v) is 22.5. The van der Waals surface area contributed by atoms with Gasteiger partial charge in [0.1, 0.15) is 30.0 Å². The van der Waals surface area contributed by atoms with Gasteiger partial charge in [-0.1, -0.05) is 26.0 Å². The molecule has 2 amide bonds. The Labute approximate surface area is 223 Å². The number of carbonyl (C=O) groups excluding carboxylic acids is 2. The molecule has 0 spiro atoms. The van der Waals surface area contributed by atoms with Crippen LogP contribution < -0.4 is 4.90 Å². The topological polar surface area (TPSA) is 83.8 Å². The number of anilines is 1. The molecule has 0 fully saturated rings. The molecule has 0 radical (unpaired) electrons. The number of ether oxygens (including phenoxy) is 1. The highest BCUT2D eigenvalue weighted by atomic mass is 19.1. The minimum Gasteiger partial charge on any atom is -0.375 e. The Kier molecular flexibility index (Phi) is 9.41. The zero-order chi connectivity index (χ0) is 27.1. The van der Waals surface area contributed by atoms with E-state index in [1.165, 1.54) is 24.0 Å². The maximum absolute atomic E-state index is 14.4. The second-order valence-electron chi connectivity index (χ2n) is 10.2. The van der Waals surface area contributed by atoms with Gasteiger partial charge in [0.05, 0.1) is 0 Å². The van der Waals surface area contributed by atoms with Crippen molar-refractivity contribution in [2.24, 2.45) is 5.92 Å². The summed E-state index contributed by atoms with van der Waals surface area (Å²) in [5.74, 6) is -0.276. The number of amides is 2. The number of benzene rings is 2. The highest BCUT2D eigenvalue weighted by Crippen LogP contribution is 2.25. The maximum atomic E-state index is 14.4. The predicted molar refractivity (Wildman–Crippen MR) is 144 cm³/mol. The molecule has 0 aliphatic carbocycles. The van der Waals surface area contributed by atoms with Crippen LogP contribution in [0.25, 0.3) is 11.0 Å². The van der Waals surface area contributed by atoms with Crippen LogP contribution in [0.15, 0.2) is 42.5 Å². The van der Waals surface area contributed by atoms with Crippen LogP contribution in [0.1, 0.15) is 32.3 Å². The van der Waals surface area contributed by atoms with Crippen molar-refractivity contribution in [2.75, 3.05) is 51.3 Å². The van der Waals surface area contributed by atoms with Gasteiger partial charge in [-0.2, -0.15) is 15.0 Å². The predicted octanol–water partition coefficient (Wildman–Crippen LogP) is 3.33. The van der Waals surface area contributed by atoms with Crippen LogP contribution in [0.2, 0.25) is 0 Å². The van der Waals surface area contributed by atoms with Gasteiger partial charge in [0.15, 0.2) is 0 Å². The minimum absolute atomic E-state index is 0.0264. The first-order valence-corrected chi connectivity index (χ1v) is 13.2.